The lowest BCUT2D eigenvalue weighted by molar-refractivity contribution is -0.142. The normalized spacial score (nSPS) is 14.0. The first kappa shape index (κ1) is 17.2. The van der Waals surface area contributed by atoms with Gasteiger partial charge in [-0.05, 0) is 33.1 Å². The molecule has 2 N–H and O–H groups in total. The molecule has 0 saturated carbocycles. The fourth-order valence-corrected chi connectivity index (χ4v) is 2.54. The molecule has 0 fully saturated rings. The highest BCUT2D eigenvalue weighted by Gasteiger charge is 2.27. The molecular formula is C15H25N3O3. The third-order valence-corrected chi connectivity index (χ3v) is 3.71. The third kappa shape index (κ3) is 4.06. The van der Waals surface area contributed by atoms with E-state index < -0.39 is 17.9 Å². The standard InChI is InChI=1S/C15H25N3O3/c1-8(2)7-12(15(20)21)16-14(19)9(3)13-10(4)17-18(6)11(13)5/h8-9,12H,7H2,1-6H3,(H,16,19)(H,20,21). The quantitative estimate of drug-likeness (QED) is 0.837. The average Bonchev–Trinajstić information content (AvgIpc) is 2.60. The molecule has 1 aromatic rings. The molecule has 1 aromatic heterocycles. The van der Waals surface area contributed by atoms with Crippen LogP contribution < -0.4 is 5.32 Å². The summed E-state index contributed by atoms with van der Waals surface area (Å²) in [6.07, 6.45) is 0.415. The van der Waals surface area contributed by atoms with Crippen LogP contribution >= 0.6 is 0 Å². The number of aromatic nitrogens is 2. The minimum Gasteiger partial charge on any atom is -0.480 e. The molecule has 0 aromatic carbocycles. The van der Waals surface area contributed by atoms with E-state index in [9.17, 15) is 14.7 Å². The summed E-state index contributed by atoms with van der Waals surface area (Å²) in [5.41, 5.74) is 2.59. The van der Waals surface area contributed by atoms with Crippen LogP contribution in [0.5, 0.6) is 0 Å². The molecule has 118 valence electrons. The van der Waals surface area contributed by atoms with E-state index in [2.05, 4.69) is 10.4 Å². The second-order valence-corrected chi connectivity index (χ2v) is 5.96. The van der Waals surface area contributed by atoms with Crippen molar-refractivity contribution in [3.05, 3.63) is 17.0 Å². The monoisotopic (exact) mass is 295 g/mol. The van der Waals surface area contributed by atoms with Gasteiger partial charge >= 0.3 is 5.97 Å². The van der Waals surface area contributed by atoms with Crippen LogP contribution in [0.3, 0.4) is 0 Å². The number of rotatable bonds is 6. The zero-order chi connectivity index (χ0) is 16.3. The maximum Gasteiger partial charge on any atom is 0.326 e. The van der Waals surface area contributed by atoms with E-state index in [0.717, 1.165) is 17.0 Å². The smallest absolute Gasteiger partial charge is 0.326 e. The van der Waals surface area contributed by atoms with E-state index >= 15 is 0 Å². The Morgan fingerprint density at radius 2 is 1.86 bits per heavy atom. The van der Waals surface area contributed by atoms with Gasteiger partial charge in [0.1, 0.15) is 6.04 Å². The molecule has 1 rings (SSSR count). The van der Waals surface area contributed by atoms with Gasteiger partial charge in [0.05, 0.1) is 11.6 Å². The number of carbonyl (C=O) groups is 2. The summed E-state index contributed by atoms with van der Waals surface area (Å²) >= 11 is 0. The highest BCUT2D eigenvalue weighted by molar-refractivity contribution is 5.88. The van der Waals surface area contributed by atoms with Crippen molar-refractivity contribution < 1.29 is 14.7 Å². The SMILES string of the molecule is Cc1nn(C)c(C)c1C(C)C(=O)NC(CC(C)C)C(=O)O. The summed E-state index contributed by atoms with van der Waals surface area (Å²) in [5.74, 6) is -1.50. The first-order valence-corrected chi connectivity index (χ1v) is 7.18. The lowest BCUT2D eigenvalue weighted by Gasteiger charge is -2.19. The van der Waals surface area contributed by atoms with Crippen LogP contribution in [-0.2, 0) is 16.6 Å². The zero-order valence-electron chi connectivity index (χ0n) is 13.6. The van der Waals surface area contributed by atoms with Crippen molar-refractivity contribution in [2.24, 2.45) is 13.0 Å². The second-order valence-electron chi connectivity index (χ2n) is 5.96. The molecule has 0 radical (unpaired) electrons. The van der Waals surface area contributed by atoms with Gasteiger partial charge in [0, 0.05) is 18.3 Å². The molecule has 1 amide bonds. The minimum atomic E-state index is -0.996. The van der Waals surface area contributed by atoms with Crippen LogP contribution in [0.4, 0.5) is 0 Å². The van der Waals surface area contributed by atoms with Gasteiger partial charge in [-0.25, -0.2) is 4.79 Å². The Morgan fingerprint density at radius 1 is 1.29 bits per heavy atom. The van der Waals surface area contributed by atoms with Crippen molar-refractivity contribution in [2.75, 3.05) is 0 Å². The molecule has 0 aliphatic carbocycles. The molecule has 2 unspecified atom stereocenters. The molecule has 0 spiro atoms. The van der Waals surface area contributed by atoms with Gasteiger partial charge < -0.3 is 10.4 Å². The predicted molar refractivity (Wildman–Crippen MR) is 80.1 cm³/mol. The van der Waals surface area contributed by atoms with E-state index in [1.807, 2.05) is 34.7 Å². The predicted octanol–water partition coefficient (Wildman–Crippen LogP) is 1.76. The number of hydrogen-bond donors (Lipinski definition) is 2. The Balaban J connectivity index is 2.89. The highest BCUT2D eigenvalue weighted by Crippen LogP contribution is 2.23. The number of carboxylic acids is 1. The molecule has 6 heteroatoms. The summed E-state index contributed by atoms with van der Waals surface area (Å²) in [6.45, 7) is 9.40. The molecule has 21 heavy (non-hydrogen) atoms. The first-order chi connectivity index (χ1) is 9.65. The third-order valence-electron chi connectivity index (χ3n) is 3.71. The van der Waals surface area contributed by atoms with E-state index in [4.69, 9.17) is 0 Å². The summed E-state index contributed by atoms with van der Waals surface area (Å²) in [4.78, 5) is 23.6. The lowest BCUT2D eigenvalue weighted by Crippen LogP contribution is -2.43. The number of carbonyl (C=O) groups excluding carboxylic acids is 1. The van der Waals surface area contributed by atoms with E-state index in [-0.39, 0.29) is 11.8 Å². The van der Waals surface area contributed by atoms with Crippen molar-refractivity contribution in [2.45, 2.75) is 53.0 Å². The summed E-state index contributed by atoms with van der Waals surface area (Å²) in [5, 5.41) is 16.1. The number of amides is 1. The Labute approximate surface area is 125 Å². The lowest BCUT2D eigenvalue weighted by atomic mass is 9.97. The van der Waals surface area contributed by atoms with Gasteiger partial charge in [-0.1, -0.05) is 13.8 Å². The molecule has 0 saturated heterocycles. The molecule has 0 aliphatic heterocycles. The zero-order valence-corrected chi connectivity index (χ0v) is 13.6. The van der Waals surface area contributed by atoms with Gasteiger partial charge in [0.15, 0.2) is 0 Å². The minimum absolute atomic E-state index is 0.198. The average molecular weight is 295 g/mol. The second kappa shape index (κ2) is 6.74. The number of aryl methyl sites for hydroxylation is 2. The van der Waals surface area contributed by atoms with Gasteiger partial charge in [0.25, 0.3) is 0 Å². The fraction of sp³-hybridized carbons (Fsp3) is 0.667. The Hall–Kier alpha value is -1.85. The summed E-state index contributed by atoms with van der Waals surface area (Å²) in [6, 6.07) is -0.850. The number of carboxylic acid groups (broad SMARTS) is 1. The Kier molecular flexibility index (Phi) is 5.52. The fourth-order valence-electron chi connectivity index (χ4n) is 2.54. The molecule has 0 bridgehead atoms. The Bertz CT molecular complexity index is 535. The van der Waals surface area contributed by atoms with Crippen molar-refractivity contribution in [1.29, 1.82) is 0 Å². The van der Waals surface area contributed by atoms with Crippen LogP contribution in [0, 0.1) is 19.8 Å². The number of hydrogen-bond acceptors (Lipinski definition) is 3. The van der Waals surface area contributed by atoms with Crippen LogP contribution in [0.25, 0.3) is 0 Å². The number of aliphatic carboxylic acids is 1. The van der Waals surface area contributed by atoms with Gasteiger partial charge in [-0.2, -0.15) is 5.10 Å². The molecule has 1 heterocycles. The van der Waals surface area contributed by atoms with Crippen molar-refractivity contribution in [3.8, 4) is 0 Å². The molecule has 6 nitrogen and oxygen atoms in total. The number of nitrogens with one attached hydrogen (secondary N) is 1. The largest absolute Gasteiger partial charge is 0.480 e. The first-order valence-electron chi connectivity index (χ1n) is 7.18. The van der Waals surface area contributed by atoms with Crippen LogP contribution in [0.1, 0.15) is 50.1 Å². The maximum atomic E-state index is 12.3. The molecular weight excluding hydrogens is 270 g/mol. The van der Waals surface area contributed by atoms with E-state index in [1.54, 1.807) is 11.6 Å². The van der Waals surface area contributed by atoms with Gasteiger partial charge in [-0.3, -0.25) is 9.48 Å². The summed E-state index contributed by atoms with van der Waals surface area (Å²) in [7, 11) is 1.83. The van der Waals surface area contributed by atoms with Gasteiger partial charge in [0.2, 0.25) is 5.91 Å². The number of nitrogens with zero attached hydrogens (tertiary/aromatic N) is 2. The topological polar surface area (TPSA) is 84.2 Å². The van der Waals surface area contributed by atoms with Crippen molar-refractivity contribution in [3.63, 3.8) is 0 Å². The Morgan fingerprint density at radius 3 is 2.24 bits per heavy atom. The van der Waals surface area contributed by atoms with E-state index in [1.165, 1.54) is 0 Å². The van der Waals surface area contributed by atoms with Gasteiger partial charge in [-0.15, -0.1) is 0 Å². The van der Waals surface area contributed by atoms with E-state index in [0.29, 0.717) is 6.42 Å². The van der Waals surface area contributed by atoms with Crippen molar-refractivity contribution >= 4 is 11.9 Å². The highest BCUT2D eigenvalue weighted by atomic mass is 16.4. The van der Waals surface area contributed by atoms with Crippen molar-refractivity contribution in [1.82, 2.24) is 15.1 Å². The molecule has 0 aliphatic rings. The maximum absolute atomic E-state index is 12.3. The van der Waals surface area contributed by atoms with Crippen LogP contribution in [0.15, 0.2) is 0 Å². The van der Waals surface area contributed by atoms with Crippen LogP contribution in [0.2, 0.25) is 0 Å². The molecule has 2 atom stereocenters. The van der Waals surface area contributed by atoms with Crippen LogP contribution in [-0.4, -0.2) is 32.8 Å². The summed E-state index contributed by atoms with van der Waals surface area (Å²) < 4.78 is 1.73.